The van der Waals surface area contributed by atoms with Crippen molar-refractivity contribution in [3.8, 4) is 0 Å². The highest BCUT2D eigenvalue weighted by Gasteiger charge is 2.18. The number of sulfonamides is 1. The van der Waals surface area contributed by atoms with Gasteiger partial charge in [0.05, 0.1) is 15.3 Å². The molecule has 7 heteroatoms. The second-order valence-electron chi connectivity index (χ2n) is 5.37. The minimum atomic E-state index is -3.69. The standard InChI is InChI=1S/C16H15NO4S2/c1-9-4-6-12(7-5-9)23(19,20)17-13-8-14-15(11(3)10(13)2)21-16(18)22-14/h4-8,17H,1-3H3. The smallest absolute Gasteiger partial charge is 0.396 e. The van der Waals surface area contributed by atoms with Gasteiger partial charge in [0.1, 0.15) is 0 Å². The highest BCUT2D eigenvalue weighted by Crippen LogP contribution is 2.31. The molecular weight excluding hydrogens is 334 g/mol. The Labute approximate surface area is 137 Å². The predicted octanol–water partition coefficient (Wildman–Crippen LogP) is 3.58. The predicted molar refractivity (Wildman–Crippen MR) is 91.8 cm³/mol. The number of rotatable bonds is 3. The van der Waals surface area contributed by atoms with Crippen LogP contribution in [-0.2, 0) is 10.0 Å². The van der Waals surface area contributed by atoms with Gasteiger partial charge in [0.2, 0.25) is 0 Å². The molecule has 0 aliphatic carbocycles. The molecule has 3 aromatic rings. The van der Waals surface area contributed by atoms with Gasteiger partial charge in [-0.25, -0.2) is 13.2 Å². The SMILES string of the molecule is Cc1ccc(S(=O)(=O)Nc2cc3sc(=O)oc3c(C)c2C)cc1. The lowest BCUT2D eigenvalue weighted by atomic mass is 10.1. The molecule has 0 aliphatic heterocycles. The number of aryl methyl sites for hydroxylation is 2. The lowest BCUT2D eigenvalue weighted by Crippen LogP contribution is -2.14. The number of fused-ring (bicyclic) bond motifs is 1. The van der Waals surface area contributed by atoms with Gasteiger partial charge >= 0.3 is 4.94 Å². The van der Waals surface area contributed by atoms with Crippen molar-refractivity contribution in [1.82, 2.24) is 0 Å². The molecule has 1 heterocycles. The molecule has 0 unspecified atom stereocenters. The third-order valence-corrected chi connectivity index (χ3v) is 5.92. The van der Waals surface area contributed by atoms with E-state index in [1.807, 2.05) is 6.92 Å². The van der Waals surface area contributed by atoms with Gasteiger partial charge in [0, 0.05) is 0 Å². The molecule has 0 spiro atoms. The molecule has 1 N–H and O–H groups in total. The fourth-order valence-corrected chi connectivity index (χ4v) is 4.17. The second-order valence-corrected chi connectivity index (χ2v) is 8.03. The summed E-state index contributed by atoms with van der Waals surface area (Å²) in [5, 5.41) is 0. The Morgan fingerprint density at radius 1 is 1.04 bits per heavy atom. The van der Waals surface area contributed by atoms with Crippen LogP contribution in [0.25, 0.3) is 10.3 Å². The van der Waals surface area contributed by atoms with Gasteiger partial charge in [-0.2, -0.15) is 0 Å². The first-order chi connectivity index (χ1) is 10.8. The molecule has 0 bridgehead atoms. The first-order valence-corrected chi connectivity index (χ1v) is 9.21. The summed E-state index contributed by atoms with van der Waals surface area (Å²) in [6, 6.07) is 8.26. The maximum absolute atomic E-state index is 12.5. The van der Waals surface area contributed by atoms with Crippen molar-refractivity contribution in [1.29, 1.82) is 0 Å². The van der Waals surface area contributed by atoms with Crippen molar-refractivity contribution in [3.63, 3.8) is 0 Å². The van der Waals surface area contributed by atoms with Crippen LogP contribution in [0.1, 0.15) is 16.7 Å². The monoisotopic (exact) mass is 349 g/mol. The summed E-state index contributed by atoms with van der Waals surface area (Å²) in [6.07, 6.45) is 0. The van der Waals surface area contributed by atoms with E-state index >= 15 is 0 Å². The zero-order chi connectivity index (χ0) is 16.8. The fraction of sp³-hybridized carbons (Fsp3) is 0.188. The molecular formula is C16H15NO4S2. The largest absolute Gasteiger partial charge is 0.414 e. The Bertz CT molecular complexity index is 1040. The van der Waals surface area contributed by atoms with E-state index in [0.717, 1.165) is 28.0 Å². The molecule has 23 heavy (non-hydrogen) atoms. The summed E-state index contributed by atoms with van der Waals surface area (Å²) >= 11 is 0.956. The Kier molecular flexibility index (Phi) is 3.77. The van der Waals surface area contributed by atoms with Gasteiger partial charge in [-0.05, 0) is 50.1 Å². The first kappa shape index (κ1) is 15.8. The third-order valence-electron chi connectivity index (χ3n) is 3.76. The Morgan fingerprint density at radius 3 is 2.35 bits per heavy atom. The van der Waals surface area contributed by atoms with Crippen molar-refractivity contribution in [2.75, 3.05) is 4.72 Å². The number of benzene rings is 2. The quantitative estimate of drug-likeness (QED) is 0.784. The van der Waals surface area contributed by atoms with E-state index in [1.54, 1.807) is 44.2 Å². The van der Waals surface area contributed by atoms with Gasteiger partial charge in [-0.1, -0.05) is 29.0 Å². The van der Waals surface area contributed by atoms with E-state index in [2.05, 4.69) is 4.72 Å². The van der Waals surface area contributed by atoms with Crippen LogP contribution in [-0.4, -0.2) is 8.42 Å². The second kappa shape index (κ2) is 5.50. The summed E-state index contributed by atoms with van der Waals surface area (Å²) in [5.41, 5.74) is 3.43. The third kappa shape index (κ3) is 2.89. The molecule has 0 atom stereocenters. The summed E-state index contributed by atoms with van der Waals surface area (Å²) in [6.45, 7) is 5.49. The molecule has 0 amide bonds. The number of hydrogen-bond donors (Lipinski definition) is 1. The topological polar surface area (TPSA) is 76.4 Å². The van der Waals surface area contributed by atoms with Crippen molar-refractivity contribution in [3.05, 3.63) is 56.8 Å². The zero-order valence-corrected chi connectivity index (χ0v) is 14.5. The Hall–Kier alpha value is -2.12. The Balaban J connectivity index is 2.08. The summed E-state index contributed by atoms with van der Waals surface area (Å²) < 4.78 is 33.4. The molecule has 1 aromatic heterocycles. The van der Waals surface area contributed by atoms with Crippen LogP contribution in [0.3, 0.4) is 0 Å². The molecule has 3 rings (SSSR count). The van der Waals surface area contributed by atoms with Gasteiger partial charge in [0.15, 0.2) is 5.58 Å². The van der Waals surface area contributed by atoms with Crippen molar-refractivity contribution in [2.24, 2.45) is 0 Å². The maximum Gasteiger partial charge on any atom is 0.396 e. The van der Waals surface area contributed by atoms with Crippen LogP contribution in [0.4, 0.5) is 5.69 Å². The molecule has 5 nitrogen and oxygen atoms in total. The zero-order valence-electron chi connectivity index (χ0n) is 12.8. The van der Waals surface area contributed by atoms with Gasteiger partial charge in [-0.15, -0.1) is 0 Å². The molecule has 0 radical (unpaired) electrons. The van der Waals surface area contributed by atoms with Gasteiger partial charge in [-0.3, -0.25) is 4.72 Å². The average molecular weight is 349 g/mol. The van der Waals surface area contributed by atoms with Crippen molar-refractivity contribution >= 4 is 37.3 Å². The number of hydrogen-bond acceptors (Lipinski definition) is 5. The van der Waals surface area contributed by atoms with Crippen LogP contribution < -0.4 is 9.66 Å². The summed E-state index contributed by atoms with van der Waals surface area (Å²) in [7, 11) is -3.69. The van der Waals surface area contributed by atoms with Crippen LogP contribution >= 0.6 is 11.3 Å². The van der Waals surface area contributed by atoms with E-state index in [1.165, 1.54) is 0 Å². The highest BCUT2D eigenvalue weighted by molar-refractivity contribution is 7.92. The summed E-state index contributed by atoms with van der Waals surface area (Å²) in [4.78, 5) is 11.2. The average Bonchev–Trinajstić information content (AvgIpc) is 2.85. The van der Waals surface area contributed by atoms with E-state index in [-0.39, 0.29) is 4.90 Å². The lowest BCUT2D eigenvalue weighted by Gasteiger charge is -2.12. The first-order valence-electron chi connectivity index (χ1n) is 6.91. The fourth-order valence-electron chi connectivity index (χ4n) is 2.29. The molecule has 120 valence electrons. The maximum atomic E-state index is 12.5. The van der Waals surface area contributed by atoms with Crippen LogP contribution in [0.2, 0.25) is 0 Å². The number of nitrogens with one attached hydrogen (secondary N) is 1. The molecule has 0 aliphatic rings. The number of anilines is 1. The van der Waals surface area contributed by atoms with E-state index < -0.39 is 15.0 Å². The van der Waals surface area contributed by atoms with Crippen LogP contribution in [0.5, 0.6) is 0 Å². The van der Waals surface area contributed by atoms with Crippen molar-refractivity contribution in [2.45, 2.75) is 25.7 Å². The molecule has 0 saturated carbocycles. The van der Waals surface area contributed by atoms with Crippen LogP contribution in [0.15, 0.2) is 44.4 Å². The van der Waals surface area contributed by atoms with Gasteiger partial charge < -0.3 is 4.42 Å². The van der Waals surface area contributed by atoms with Gasteiger partial charge in [0.25, 0.3) is 10.0 Å². The minimum absolute atomic E-state index is 0.195. The lowest BCUT2D eigenvalue weighted by molar-refractivity contribution is 0.582. The van der Waals surface area contributed by atoms with E-state index in [9.17, 15) is 13.2 Å². The summed E-state index contributed by atoms with van der Waals surface area (Å²) in [5.74, 6) is 0. The van der Waals surface area contributed by atoms with E-state index in [4.69, 9.17) is 4.42 Å². The minimum Gasteiger partial charge on any atom is -0.414 e. The Morgan fingerprint density at radius 2 is 1.70 bits per heavy atom. The normalized spacial score (nSPS) is 11.8. The van der Waals surface area contributed by atoms with Crippen LogP contribution in [0, 0.1) is 20.8 Å². The highest BCUT2D eigenvalue weighted by atomic mass is 32.2. The van der Waals surface area contributed by atoms with Crippen molar-refractivity contribution < 1.29 is 12.8 Å². The molecule has 0 saturated heterocycles. The molecule has 2 aromatic carbocycles. The molecule has 0 fully saturated rings. The van der Waals surface area contributed by atoms with E-state index in [0.29, 0.717) is 16.0 Å².